The highest BCUT2D eigenvalue weighted by Gasteiger charge is 2.11. The van der Waals surface area contributed by atoms with Gasteiger partial charge in [-0.2, -0.15) is 5.26 Å². The fourth-order valence-electron chi connectivity index (χ4n) is 2.15. The van der Waals surface area contributed by atoms with Crippen LogP contribution in [0.15, 0.2) is 57.9 Å². The third-order valence-corrected chi connectivity index (χ3v) is 3.98. The van der Waals surface area contributed by atoms with E-state index in [9.17, 15) is 0 Å². The Labute approximate surface area is 149 Å². The predicted octanol–water partition coefficient (Wildman–Crippen LogP) is 4.13. The number of hydrogen-bond acceptors (Lipinski definition) is 6. The highest BCUT2D eigenvalue weighted by atomic mass is 32.2. The zero-order chi connectivity index (χ0) is 17.6. The van der Waals surface area contributed by atoms with Crippen LogP contribution in [0.5, 0.6) is 0 Å². The lowest BCUT2D eigenvalue weighted by Gasteiger charge is -2.01. The third kappa shape index (κ3) is 4.05. The SMILES string of the molecule is CSC(=Nc1cccc(-c2nnc(-c3ccc(C)cc3)o2)c1)NC#N. The maximum absolute atomic E-state index is 8.72. The van der Waals surface area contributed by atoms with Crippen molar-refractivity contribution in [1.29, 1.82) is 5.26 Å². The summed E-state index contributed by atoms with van der Waals surface area (Å²) < 4.78 is 5.79. The van der Waals surface area contributed by atoms with Gasteiger partial charge in [-0.1, -0.05) is 35.5 Å². The Balaban J connectivity index is 1.89. The lowest BCUT2D eigenvalue weighted by atomic mass is 10.1. The fraction of sp³-hybridized carbons (Fsp3) is 0.111. The first kappa shape index (κ1) is 16.7. The van der Waals surface area contributed by atoms with Crippen LogP contribution in [0, 0.1) is 18.4 Å². The standard InChI is InChI=1S/C18H15N5OS/c1-12-6-8-13(9-7-12)16-22-23-17(24-16)14-4-3-5-15(10-14)21-18(25-2)20-11-19/h3-10H,1-2H3,(H,20,21). The molecule has 0 aliphatic heterocycles. The molecule has 0 spiro atoms. The van der Waals surface area contributed by atoms with Gasteiger partial charge in [0.05, 0.1) is 5.69 Å². The Bertz CT molecular complexity index is 941. The first-order valence-corrected chi connectivity index (χ1v) is 8.71. The van der Waals surface area contributed by atoms with Crippen molar-refractivity contribution in [3.05, 3.63) is 54.1 Å². The molecule has 0 radical (unpaired) electrons. The van der Waals surface area contributed by atoms with Gasteiger partial charge in [0, 0.05) is 11.1 Å². The zero-order valence-corrected chi connectivity index (χ0v) is 14.5. The van der Waals surface area contributed by atoms with Gasteiger partial charge in [0.2, 0.25) is 11.8 Å². The van der Waals surface area contributed by atoms with Crippen molar-refractivity contribution in [2.75, 3.05) is 6.26 Å². The fourth-order valence-corrected chi connectivity index (χ4v) is 2.50. The van der Waals surface area contributed by atoms with E-state index in [1.54, 1.807) is 0 Å². The van der Waals surface area contributed by atoms with Gasteiger partial charge in [0.25, 0.3) is 0 Å². The maximum atomic E-state index is 8.72. The van der Waals surface area contributed by atoms with Crippen molar-refractivity contribution >= 4 is 22.6 Å². The van der Waals surface area contributed by atoms with E-state index in [2.05, 4.69) is 20.5 Å². The summed E-state index contributed by atoms with van der Waals surface area (Å²) in [5.74, 6) is 0.895. The normalized spacial score (nSPS) is 11.2. The summed E-state index contributed by atoms with van der Waals surface area (Å²) in [6, 6.07) is 15.3. The molecule has 0 amide bonds. The molecule has 0 aliphatic carbocycles. The van der Waals surface area contributed by atoms with E-state index in [1.165, 1.54) is 17.3 Å². The Kier molecular flexibility index (Phi) is 5.11. The van der Waals surface area contributed by atoms with Crippen LogP contribution in [0.25, 0.3) is 22.9 Å². The minimum absolute atomic E-state index is 0.423. The smallest absolute Gasteiger partial charge is 0.248 e. The molecule has 0 saturated carbocycles. The summed E-state index contributed by atoms with van der Waals surface area (Å²) in [6.07, 6.45) is 3.71. The van der Waals surface area contributed by atoms with Crippen LogP contribution in [-0.4, -0.2) is 21.6 Å². The second-order valence-corrected chi connectivity index (χ2v) is 5.98. The number of aryl methyl sites for hydroxylation is 1. The topological polar surface area (TPSA) is 87.1 Å². The van der Waals surface area contributed by atoms with Crippen molar-refractivity contribution in [3.8, 4) is 29.1 Å². The van der Waals surface area contributed by atoms with Crippen molar-refractivity contribution < 1.29 is 4.42 Å². The number of aliphatic imine (C=N–C) groups is 1. The van der Waals surface area contributed by atoms with Gasteiger partial charge in [-0.15, -0.1) is 10.2 Å². The zero-order valence-electron chi connectivity index (χ0n) is 13.7. The van der Waals surface area contributed by atoms with Gasteiger partial charge in [-0.3, -0.25) is 5.32 Å². The van der Waals surface area contributed by atoms with Gasteiger partial charge in [-0.25, -0.2) is 4.99 Å². The highest BCUT2D eigenvalue weighted by Crippen LogP contribution is 2.27. The number of nitriles is 1. The van der Waals surface area contributed by atoms with E-state index < -0.39 is 0 Å². The van der Waals surface area contributed by atoms with Crippen LogP contribution in [0.4, 0.5) is 5.69 Å². The van der Waals surface area contributed by atoms with E-state index in [-0.39, 0.29) is 0 Å². The molecule has 0 atom stereocenters. The van der Waals surface area contributed by atoms with Crippen molar-refractivity contribution in [3.63, 3.8) is 0 Å². The lowest BCUT2D eigenvalue weighted by molar-refractivity contribution is 0.584. The van der Waals surface area contributed by atoms with Gasteiger partial charge in [0.1, 0.15) is 0 Å². The van der Waals surface area contributed by atoms with Crippen molar-refractivity contribution in [2.24, 2.45) is 4.99 Å². The third-order valence-electron chi connectivity index (χ3n) is 3.40. The van der Waals surface area contributed by atoms with E-state index in [0.29, 0.717) is 22.6 Å². The molecule has 0 fully saturated rings. The van der Waals surface area contributed by atoms with Crippen LogP contribution in [0.3, 0.4) is 0 Å². The molecule has 0 saturated heterocycles. The summed E-state index contributed by atoms with van der Waals surface area (Å²) in [4.78, 5) is 4.38. The number of amidine groups is 1. The van der Waals surface area contributed by atoms with Crippen LogP contribution >= 0.6 is 11.8 Å². The van der Waals surface area contributed by atoms with Crippen LogP contribution in [0.1, 0.15) is 5.56 Å². The Morgan fingerprint density at radius 3 is 2.52 bits per heavy atom. The minimum atomic E-state index is 0.423. The number of rotatable bonds is 3. The van der Waals surface area contributed by atoms with Crippen molar-refractivity contribution in [1.82, 2.24) is 15.5 Å². The molecule has 1 aromatic heterocycles. The Morgan fingerprint density at radius 2 is 1.84 bits per heavy atom. The van der Waals surface area contributed by atoms with Crippen LogP contribution < -0.4 is 5.32 Å². The molecular weight excluding hydrogens is 334 g/mol. The van der Waals surface area contributed by atoms with E-state index >= 15 is 0 Å². The van der Waals surface area contributed by atoms with Crippen LogP contribution in [-0.2, 0) is 0 Å². The lowest BCUT2D eigenvalue weighted by Crippen LogP contribution is -2.12. The van der Waals surface area contributed by atoms with Gasteiger partial charge < -0.3 is 4.42 Å². The van der Waals surface area contributed by atoms with Gasteiger partial charge >= 0.3 is 0 Å². The molecule has 3 rings (SSSR count). The first-order chi connectivity index (χ1) is 12.2. The molecule has 25 heavy (non-hydrogen) atoms. The molecule has 6 nitrogen and oxygen atoms in total. The summed E-state index contributed by atoms with van der Waals surface area (Å²) in [5.41, 5.74) is 3.51. The predicted molar refractivity (Wildman–Crippen MR) is 99.3 cm³/mol. The average molecular weight is 349 g/mol. The molecule has 0 bridgehead atoms. The van der Waals surface area contributed by atoms with E-state index in [0.717, 1.165) is 11.1 Å². The number of thioether (sulfide) groups is 1. The van der Waals surface area contributed by atoms with Gasteiger partial charge in [0.15, 0.2) is 11.4 Å². The second-order valence-electron chi connectivity index (χ2n) is 5.19. The number of hydrogen-bond donors (Lipinski definition) is 1. The number of nitrogens with one attached hydrogen (secondary N) is 1. The Hall–Kier alpha value is -3.11. The summed E-state index contributed by atoms with van der Waals surface area (Å²) in [7, 11) is 0. The number of benzene rings is 2. The molecule has 1 heterocycles. The molecule has 1 N–H and O–H groups in total. The second kappa shape index (κ2) is 7.64. The summed E-state index contributed by atoms with van der Waals surface area (Å²) in [5, 5.41) is 20.0. The first-order valence-electron chi connectivity index (χ1n) is 7.48. The monoisotopic (exact) mass is 349 g/mol. The minimum Gasteiger partial charge on any atom is -0.416 e. The summed E-state index contributed by atoms with van der Waals surface area (Å²) in [6.45, 7) is 2.03. The molecule has 124 valence electrons. The summed E-state index contributed by atoms with van der Waals surface area (Å²) >= 11 is 1.36. The molecule has 3 aromatic rings. The molecular formula is C18H15N5OS. The van der Waals surface area contributed by atoms with E-state index in [4.69, 9.17) is 9.68 Å². The number of nitrogens with zero attached hydrogens (tertiary/aromatic N) is 4. The number of aromatic nitrogens is 2. The van der Waals surface area contributed by atoms with Crippen molar-refractivity contribution in [2.45, 2.75) is 6.92 Å². The molecule has 7 heteroatoms. The van der Waals surface area contributed by atoms with Crippen LogP contribution in [0.2, 0.25) is 0 Å². The largest absolute Gasteiger partial charge is 0.416 e. The molecule has 0 aliphatic rings. The Morgan fingerprint density at radius 1 is 1.12 bits per heavy atom. The maximum Gasteiger partial charge on any atom is 0.248 e. The molecule has 0 unspecified atom stereocenters. The quantitative estimate of drug-likeness (QED) is 0.331. The highest BCUT2D eigenvalue weighted by molar-refractivity contribution is 8.13. The molecule has 2 aromatic carbocycles. The average Bonchev–Trinajstić information content (AvgIpc) is 3.12. The van der Waals surface area contributed by atoms with E-state index in [1.807, 2.05) is 67.9 Å². The van der Waals surface area contributed by atoms with Gasteiger partial charge in [-0.05, 0) is 43.5 Å².